The molecule has 5 heteroatoms. The first-order valence-electron chi connectivity index (χ1n) is 9.53. The summed E-state index contributed by atoms with van der Waals surface area (Å²) >= 11 is 0. The maximum atomic E-state index is 2.79. The van der Waals surface area contributed by atoms with E-state index in [1.54, 1.807) is 0 Å². The molecule has 0 atom stereocenters. The number of hydrogen-bond acceptors (Lipinski definition) is 4. The Morgan fingerprint density at radius 3 is 1.13 bits per heavy atom. The van der Waals surface area contributed by atoms with E-state index in [1.165, 1.54) is 64.5 Å². The van der Waals surface area contributed by atoms with Crippen LogP contribution in [0.2, 0.25) is 0 Å². The lowest BCUT2D eigenvalue weighted by atomic mass is 10.2. The van der Waals surface area contributed by atoms with Gasteiger partial charge in [-0.2, -0.15) is 0 Å². The van der Waals surface area contributed by atoms with Gasteiger partial charge >= 0.3 is 7.87 Å². The molecule has 23 heavy (non-hydrogen) atoms. The van der Waals surface area contributed by atoms with E-state index in [4.69, 9.17) is 0 Å². The highest BCUT2D eigenvalue weighted by Gasteiger charge is 2.53. The Hall–Kier alpha value is 0.270. The van der Waals surface area contributed by atoms with Gasteiger partial charge in [0, 0.05) is 55.4 Å². The molecule has 0 aromatic rings. The van der Waals surface area contributed by atoms with Crippen molar-refractivity contribution in [2.75, 3.05) is 55.4 Å². The van der Waals surface area contributed by atoms with E-state index in [2.05, 4.69) is 74.8 Å². The summed E-state index contributed by atoms with van der Waals surface area (Å²) in [6.07, 6.45) is 10.7. The fraction of sp³-hybridized carbons (Fsp3) is 1.00. The van der Waals surface area contributed by atoms with Gasteiger partial charge in [0.25, 0.3) is 0 Å². The summed E-state index contributed by atoms with van der Waals surface area (Å²) in [4.78, 5) is 0. The van der Waals surface area contributed by atoms with Gasteiger partial charge in [-0.05, 0) is 12.8 Å². The van der Waals surface area contributed by atoms with Crippen LogP contribution in [-0.2, 0) is 0 Å². The maximum absolute atomic E-state index is 2.79. The van der Waals surface area contributed by atoms with Gasteiger partial charge in [0.1, 0.15) is 0 Å². The first-order valence-corrected chi connectivity index (χ1v) is 11.1. The highest BCUT2D eigenvalue weighted by Crippen LogP contribution is 2.66. The third-order valence-corrected chi connectivity index (χ3v) is 8.91. The second kappa shape index (κ2) is 12.6. The number of hydrogen-bond donors (Lipinski definition) is 0. The van der Waals surface area contributed by atoms with Crippen molar-refractivity contribution in [2.24, 2.45) is 0 Å². The Bertz CT molecular complexity index is 248. The van der Waals surface area contributed by atoms with Gasteiger partial charge in [-0.15, -0.1) is 18.7 Å². The highest BCUT2D eigenvalue weighted by atomic mass is 31.2. The third-order valence-electron chi connectivity index (χ3n) is 4.53. The average Bonchev–Trinajstić information content (AvgIpc) is 2.46. The van der Waals surface area contributed by atoms with E-state index >= 15 is 0 Å². The molecule has 0 rings (SSSR count). The predicted octanol–water partition coefficient (Wildman–Crippen LogP) is 4.81. The molecule has 0 aromatic carbocycles. The van der Waals surface area contributed by atoms with Crippen LogP contribution in [0.1, 0.15) is 65.2 Å². The molecule has 0 aliphatic heterocycles. The van der Waals surface area contributed by atoms with Crippen LogP contribution in [0.25, 0.3) is 0 Å². The fourth-order valence-corrected chi connectivity index (χ4v) is 8.14. The van der Waals surface area contributed by atoms with Crippen LogP contribution in [0, 0.1) is 0 Å². The van der Waals surface area contributed by atoms with Crippen molar-refractivity contribution >= 4 is 7.87 Å². The second-order valence-corrected chi connectivity index (χ2v) is 11.2. The fourth-order valence-electron chi connectivity index (χ4n) is 3.65. The largest absolute Gasteiger partial charge is 0.307 e. The van der Waals surface area contributed by atoms with E-state index in [0.29, 0.717) is 0 Å². The lowest BCUT2D eigenvalue weighted by molar-refractivity contribution is 0.311. The quantitative estimate of drug-likeness (QED) is 0.330. The zero-order valence-electron chi connectivity index (χ0n) is 17.3. The van der Waals surface area contributed by atoms with Crippen molar-refractivity contribution in [1.29, 1.82) is 0 Å². The summed E-state index contributed by atoms with van der Waals surface area (Å²) in [5.41, 5.74) is 0. The smallest absolute Gasteiger partial charge is 0.139 e. The lowest BCUT2D eigenvalue weighted by Gasteiger charge is -2.45. The predicted molar refractivity (Wildman–Crippen MR) is 108 cm³/mol. The summed E-state index contributed by atoms with van der Waals surface area (Å²) in [6.45, 7) is 7.02. The van der Waals surface area contributed by atoms with Gasteiger partial charge in [-0.3, -0.25) is 0 Å². The average molecular weight is 348 g/mol. The van der Waals surface area contributed by atoms with Crippen molar-refractivity contribution in [3.63, 3.8) is 0 Å². The summed E-state index contributed by atoms with van der Waals surface area (Å²) in [7, 11) is 11.9. The molecule has 0 saturated heterocycles. The van der Waals surface area contributed by atoms with E-state index in [1.807, 2.05) is 0 Å². The number of unbranched alkanes of at least 4 members (excludes halogenated alkanes) is 6. The normalized spacial score (nSPS) is 13.0. The topological polar surface area (TPSA) is 13.0 Å². The summed E-state index contributed by atoms with van der Waals surface area (Å²) < 4.78 is 10.2. The minimum atomic E-state index is -1.59. The second-order valence-electron chi connectivity index (χ2n) is 7.15. The first kappa shape index (κ1) is 23.3. The van der Waals surface area contributed by atoms with Crippen molar-refractivity contribution in [3.05, 3.63) is 0 Å². The first-order chi connectivity index (χ1) is 10.8. The molecule has 4 nitrogen and oxygen atoms in total. The molecular weight excluding hydrogens is 303 g/mol. The molecule has 0 amide bonds. The molecule has 0 fully saturated rings. The molecule has 0 aliphatic rings. The zero-order valence-corrected chi connectivity index (χ0v) is 18.2. The van der Waals surface area contributed by atoms with Crippen LogP contribution in [0.5, 0.6) is 0 Å². The van der Waals surface area contributed by atoms with Gasteiger partial charge in [-0.1, -0.05) is 52.4 Å². The molecule has 0 bridgehead atoms. The van der Waals surface area contributed by atoms with E-state index in [9.17, 15) is 0 Å². The van der Waals surface area contributed by atoms with Gasteiger partial charge in [-0.25, -0.2) is 0 Å². The van der Waals surface area contributed by atoms with E-state index in [-0.39, 0.29) is 0 Å². The molecule has 0 aromatic heterocycles. The Morgan fingerprint density at radius 2 is 0.870 bits per heavy atom. The summed E-state index contributed by atoms with van der Waals surface area (Å²) in [5, 5.41) is 0. The summed E-state index contributed by atoms with van der Waals surface area (Å²) in [6, 6.07) is 0. The molecule has 0 heterocycles. The molecule has 0 N–H and O–H groups in total. The van der Waals surface area contributed by atoms with Crippen LogP contribution in [0.3, 0.4) is 0 Å². The minimum absolute atomic E-state index is 1.22. The monoisotopic (exact) mass is 347 g/mol. The Morgan fingerprint density at radius 1 is 0.522 bits per heavy atom. The molecule has 0 saturated carbocycles. The van der Waals surface area contributed by atoms with Gasteiger partial charge in [0.2, 0.25) is 0 Å². The Kier molecular flexibility index (Phi) is 12.8. The van der Waals surface area contributed by atoms with E-state index < -0.39 is 7.87 Å². The van der Waals surface area contributed by atoms with Crippen LogP contribution in [0.4, 0.5) is 0 Å². The Labute approximate surface area is 147 Å². The Balaban J connectivity index is 5.12. The number of rotatable bonds is 14. The molecular formula is C18H44N4P+. The van der Waals surface area contributed by atoms with Crippen molar-refractivity contribution in [2.45, 2.75) is 65.2 Å². The number of nitrogens with zero attached hydrogens (tertiary/aromatic N) is 4. The van der Waals surface area contributed by atoms with Crippen LogP contribution < -0.4 is 0 Å². The molecule has 0 aliphatic carbocycles. The molecule has 0 radical (unpaired) electrons. The third kappa shape index (κ3) is 6.96. The van der Waals surface area contributed by atoms with Gasteiger partial charge in [0.05, 0.1) is 0 Å². The maximum Gasteiger partial charge on any atom is 0.307 e. The molecule has 0 spiro atoms. The lowest BCUT2D eigenvalue weighted by Crippen LogP contribution is -2.47. The SMILES string of the molecule is CCCCCCN(CCCCCC)[P+](N(C)C)(N(C)C)N(C)C. The standard InChI is InChI=1S/C18H44N4P/c1-9-11-13-15-17-22(18-16-14-12-10-2)23(19(3)4,20(5)6)21(7)8/h9-18H2,1-8H3/q+1. The van der Waals surface area contributed by atoms with Gasteiger partial charge < -0.3 is 0 Å². The molecule has 0 unspecified atom stereocenters. The van der Waals surface area contributed by atoms with Crippen molar-refractivity contribution in [3.8, 4) is 0 Å². The van der Waals surface area contributed by atoms with Crippen LogP contribution in [-0.4, -0.2) is 74.1 Å². The minimum Gasteiger partial charge on any atom is -0.139 e. The van der Waals surface area contributed by atoms with Crippen LogP contribution >= 0.6 is 7.87 Å². The zero-order chi connectivity index (χ0) is 17.9. The molecule has 140 valence electrons. The van der Waals surface area contributed by atoms with Crippen molar-refractivity contribution < 1.29 is 0 Å². The van der Waals surface area contributed by atoms with Crippen molar-refractivity contribution in [1.82, 2.24) is 18.7 Å². The van der Waals surface area contributed by atoms with Crippen LogP contribution in [0.15, 0.2) is 0 Å². The van der Waals surface area contributed by atoms with E-state index in [0.717, 1.165) is 0 Å². The van der Waals surface area contributed by atoms with Gasteiger partial charge in [0.15, 0.2) is 0 Å². The highest BCUT2D eigenvalue weighted by molar-refractivity contribution is 7.66. The summed E-state index contributed by atoms with van der Waals surface area (Å²) in [5.74, 6) is 0.